The highest BCUT2D eigenvalue weighted by Crippen LogP contribution is 2.28. The summed E-state index contributed by atoms with van der Waals surface area (Å²) in [7, 11) is 1.18. The normalized spacial score (nSPS) is 11.2. The lowest BCUT2D eigenvalue weighted by Crippen LogP contribution is -1.97. The summed E-state index contributed by atoms with van der Waals surface area (Å²) in [6.07, 6.45) is 2.16. The third-order valence-electron chi connectivity index (χ3n) is 2.93. The highest BCUT2D eigenvalue weighted by molar-refractivity contribution is 5.90. The van der Waals surface area contributed by atoms with Crippen LogP contribution in [0.2, 0.25) is 0 Å². The molecule has 0 bridgehead atoms. The maximum Gasteiger partial charge on any atom is 0.330 e. The maximum atomic E-state index is 14.2. The fourth-order valence-corrected chi connectivity index (χ4v) is 1.88. The van der Waals surface area contributed by atoms with E-state index in [-0.39, 0.29) is 16.5 Å². The van der Waals surface area contributed by atoms with E-state index in [4.69, 9.17) is 0 Å². The van der Waals surface area contributed by atoms with Crippen molar-refractivity contribution in [1.82, 2.24) is 0 Å². The quantitative estimate of drug-likeness (QED) is 0.618. The van der Waals surface area contributed by atoms with Crippen LogP contribution in [0.15, 0.2) is 24.3 Å². The lowest BCUT2D eigenvalue weighted by molar-refractivity contribution is -0.134. The number of halogens is 3. The minimum Gasteiger partial charge on any atom is -0.466 e. The van der Waals surface area contributed by atoms with Crippen molar-refractivity contribution in [2.45, 2.75) is 6.92 Å². The van der Waals surface area contributed by atoms with Gasteiger partial charge in [-0.1, -0.05) is 12.1 Å². The summed E-state index contributed by atoms with van der Waals surface area (Å²) in [6, 6.07) is 4.21. The standard InChI is InChI=1S/C15H11F3O2/c1-8-7-10-4-3-9(5-6-11(19)20-2)14(17)12(10)15(18)13(8)16/h3-7H,1-2H3/b6-5+. The van der Waals surface area contributed by atoms with Crippen LogP contribution in [0.25, 0.3) is 16.8 Å². The predicted octanol–water partition coefficient (Wildman–Crippen LogP) is 3.75. The molecule has 0 atom stereocenters. The molecule has 0 saturated heterocycles. The number of benzene rings is 2. The van der Waals surface area contributed by atoms with Crippen molar-refractivity contribution in [2.75, 3.05) is 7.11 Å². The van der Waals surface area contributed by atoms with Gasteiger partial charge in [0.25, 0.3) is 0 Å². The molecule has 0 amide bonds. The monoisotopic (exact) mass is 280 g/mol. The Balaban J connectivity index is 2.64. The van der Waals surface area contributed by atoms with E-state index in [1.165, 1.54) is 32.2 Å². The Hall–Kier alpha value is -2.30. The van der Waals surface area contributed by atoms with Gasteiger partial charge in [-0.15, -0.1) is 0 Å². The second-order valence-electron chi connectivity index (χ2n) is 4.24. The Kier molecular flexibility index (Phi) is 3.79. The average molecular weight is 280 g/mol. The Labute approximate surface area is 113 Å². The highest BCUT2D eigenvalue weighted by atomic mass is 19.2. The van der Waals surface area contributed by atoms with E-state index in [0.29, 0.717) is 0 Å². The van der Waals surface area contributed by atoms with Gasteiger partial charge < -0.3 is 4.74 Å². The topological polar surface area (TPSA) is 26.3 Å². The third-order valence-corrected chi connectivity index (χ3v) is 2.93. The number of esters is 1. The zero-order chi connectivity index (χ0) is 14.9. The molecule has 0 aliphatic carbocycles. The summed E-state index contributed by atoms with van der Waals surface area (Å²) >= 11 is 0. The zero-order valence-corrected chi connectivity index (χ0v) is 10.8. The fourth-order valence-electron chi connectivity index (χ4n) is 1.88. The van der Waals surface area contributed by atoms with Crippen LogP contribution >= 0.6 is 0 Å². The van der Waals surface area contributed by atoms with E-state index in [9.17, 15) is 18.0 Å². The molecule has 0 aromatic heterocycles. The van der Waals surface area contributed by atoms with Crippen molar-refractivity contribution in [2.24, 2.45) is 0 Å². The Morgan fingerprint density at radius 3 is 2.50 bits per heavy atom. The largest absolute Gasteiger partial charge is 0.466 e. The number of hydrogen-bond acceptors (Lipinski definition) is 2. The number of hydrogen-bond donors (Lipinski definition) is 0. The number of rotatable bonds is 2. The van der Waals surface area contributed by atoms with Gasteiger partial charge in [-0.3, -0.25) is 0 Å². The first-order valence-corrected chi connectivity index (χ1v) is 5.78. The van der Waals surface area contributed by atoms with Crippen molar-refractivity contribution >= 4 is 22.8 Å². The Morgan fingerprint density at radius 2 is 1.85 bits per heavy atom. The molecule has 0 unspecified atom stereocenters. The molecular formula is C15H11F3O2. The zero-order valence-electron chi connectivity index (χ0n) is 10.8. The summed E-state index contributed by atoms with van der Waals surface area (Å²) in [4.78, 5) is 11.0. The molecule has 0 saturated carbocycles. The molecule has 20 heavy (non-hydrogen) atoms. The number of methoxy groups -OCH3 is 1. The van der Waals surface area contributed by atoms with Gasteiger partial charge in [0.1, 0.15) is 5.82 Å². The van der Waals surface area contributed by atoms with E-state index in [1.54, 1.807) is 0 Å². The molecule has 2 aromatic rings. The van der Waals surface area contributed by atoms with Crippen LogP contribution in [0.5, 0.6) is 0 Å². The van der Waals surface area contributed by atoms with Crippen molar-refractivity contribution in [3.63, 3.8) is 0 Å². The van der Waals surface area contributed by atoms with Gasteiger partial charge in [-0.2, -0.15) is 0 Å². The lowest BCUT2D eigenvalue weighted by atomic mass is 10.0. The van der Waals surface area contributed by atoms with Crippen molar-refractivity contribution in [3.05, 3.63) is 52.9 Å². The fraction of sp³-hybridized carbons (Fsp3) is 0.133. The van der Waals surface area contributed by atoms with E-state index in [2.05, 4.69) is 4.74 Å². The van der Waals surface area contributed by atoms with Gasteiger partial charge >= 0.3 is 5.97 Å². The van der Waals surface area contributed by atoms with E-state index in [0.717, 1.165) is 12.2 Å². The Morgan fingerprint density at radius 1 is 1.15 bits per heavy atom. The van der Waals surface area contributed by atoms with E-state index in [1.807, 2.05) is 0 Å². The molecule has 0 fully saturated rings. The van der Waals surface area contributed by atoms with Crippen LogP contribution in [0.1, 0.15) is 11.1 Å². The minimum atomic E-state index is -1.23. The van der Waals surface area contributed by atoms with Gasteiger partial charge in [-0.05, 0) is 30.0 Å². The Bertz CT molecular complexity index is 721. The number of carbonyl (C=O) groups excluding carboxylic acids is 1. The number of carbonyl (C=O) groups is 1. The van der Waals surface area contributed by atoms with Gasteiger partial charge in [0.05, 0.1) is 12.5 Å². The molecule has 2 nitrogen and oxygen atoms in total. The molecule has 0 N–H and O–H groups in total. The van der Waals surface area contributed by atoms with Gasteiger partial charge in [0, 0.05) is 11.6 Å². The van der Waals surface area contributed by atoms with Crippen LogP contribution in [0.3, 0.4) is 0 Å². The summed E-state index contributed by atoms with van der Waals surface area (Å²) in [5.74, 6) is -3.89. The van der Waals surface area contributed by atoms with Crippen molar-refractivity contribution in [3.8, 4) is 0 Å². The molecule has 2 aromatic carbocycles. The minimum absolute atomic E-state index is 0.0231. The molecule has 0 aliphatic rings. The van der Waals surface area contributed by atoms with Crippen LogP contribution in [0.4, 0.5) is 13.2 Å². The van der Waals surface area contributed by atoms with Crippen LogP contribution in [-0.2, 0) is 9.53 Å². The van der Waals surface area contributed by atoms with Crippen LogP contribution < -0.4 is 0 Å². The van der Waals surface area contributed by atoms with E-state index < -0.39 is 28.8 Å². The maximum absolute atomic E-state index is 14.2. The highest BCUT2D eigenvalue weighted by Gasteiger charge is 2.16. The van der Waals surface area contributed by atoms with Crippen molar-refractivity contribution in [1.29, 1.82) is 0 Å². The summed E-state index contributed by atoms with van der Waals surface area (Å²) in [5, 5.41) is -0.172. The lowest BCUT2D eigenvalue weighted by Gasteiger charge is -2.07. The smallest absolute Gasteiger partial charge is 0.330 e. The molecular weight excluding hydrogens is 269 g/mol. The first kappa shape index (κ1) is 14.1. The molecule has 0 spiro atoms. The van der Waals surface area contributed by atoms with Crippen LogP contribution in [0, 0.1) is 24.4 Å². The SMILES string of the molecule is COC(=O)/C=C/c1ccc2cc(C)c(F)c(F)c2c1F. The van der Waals surface area contributed by atoms with Crippen molar-refractivity contribution < 1.29 is 22.7 Å². The predicted molar refractivity (Wildman–Crippen MR) is 69.6 cm³/mol. The number of ether oxygens (including phenoxy) is 1. The summed E-state index contributed by atoms with van der Waals surface area (Å²) in [6.45, 7) is 1.40. The van der Waals surface area contributed by atoms with Gasteiger partial charge in [0.15, 0.2) is 11.6 Å². The average Bonchev–Trinajstić information content (AvgIpc) is 2.43. The van der Waals surface area contributed by atoms with Gasteiger partial charge in [-0.25, -0.2) is 18.0 Å². The molecule has 2 rings (SSSR count). The molecule has 104 valence electrons. The second kappa shape index (κ2) is 5.36. The molecule has 0 radical (unpaired) electrons. The van der Waals surface area contributed by atoms with Crippen LogP contribution in [-0.4, -0.2) is 13.1 Å². The van der Waals surface area contributed by atoms with E-state index >= 15 is 0 Å². The molecule has 0 aliphatic heterocycles. The number of aryl methyl sites for hydroxylation is 1. The summed E-state index contributed by atoms with van der Waals surface area (Å²) in [5.41, 5.74) is 0.0808. The first-order chi connectivity index (χ1) is 9.45. The number of fused-ring (bicyclic) bond motifs is 1. The first-order valence-electron chi connectivity index (χ1n) is 5.78. The molecule has 5 heteroatoms. The second-order valence-corrected chi connectivity index (χ2v) is 4.24. The van der Waals surface area contributed by atoms with Gasteiger partial charge in [0.2, 0.25) is 0 Å². The molecule has 0 heterocycles. The third kappa shape index (κ3) is 2.39. The summed E-state index contributed by atoms with van der Waals surface area (Å²) < 4.78 is 45.9.